The second-order valence-corrected chi connectivity index (χ2v) is 11.8. The first kappa shape index (κ1) is 31.2. The lowest BCUT2D eigenvalue weighted by Crippen LogP contribution is -2.49. The van der Waals surface area contributed by atoms with Gasteiger partial charge in [0.1, 0.15) is 16.6 Å². The predicted molar refractivity (Wildman–Crippen MR) is 159 cm³/mol. The third-order valence-electron chi connectivity index (χ3n) is 8.72. The Morgan fingerprint density at radius 2 is 1.71 bits per heavy atom. The highest BCUT2D eigenvalue weighted by Crippen LogP contribution is 2.43. The number of pyridine rings is 1. The number of aromatic nitrogens is 3. The van der Waals surface area contributed by atoms with Gasteiger partial charge in [-0.3, -0.25) is 18.8 Å². The van der Waals surface area contributed by atoms with Crippen LogP contribution in [0.1, 0.15) is 52.4 Å². The first-order valence-electron chi connectivity index (χ1n) is 14.5. The van der Waals surface area contributed by atoms with Crippen molar-refractivity contribution in [3.63, 3.8) is 0 Å². The van der Waals surface area contributed by atoms with Crippen LogP contribution in [0.2, 0.25) is 5.15 Å². The Hall–Kier alpha value is -3.84. The summed E-state index contributed by atoms with van der Waals surface area (Å²) in [6.07, 6.45) is -2.50. The Morgan fingerprint density at radius 1 is 0.978 bits per heavy atom. The molecule has 1 saturated heterocycles. The molecular formula is C32H30ClF4N5O3. The van der Waals surface area contributed by atoms with Crippen LogP contribution < -0.4 is 17.0 Å². The van der Waals surface area contributed by atoms with Crippen LogP contribution in [0.5, 0.6) is 0 Å². The van der Waals surface area contributed by atoms with E-state index < -0.39 is 52.6 Å². The zero-order valence-corrected chi connectivity index (χ0v) is 24.8. The zero-order valence-electron chi connectivity index (χ0n) is 24.1. The minimum Gasteiger partial charge on any atom is -0.364 e. The van der Waals surface area contributed by atoms with E-state index in [1.54, 1.807) is 42.6 Å². The number of hydrogen-bond donors (Lipinski definition) is 1. The van der Waals surface area contributed by atoms with Gasteiger partial charge in [0.2, 0.25) is 0 Å². The maximum absolute atomic E-state index is 15.0. The van der Waals surface area contributed by atoms with Gasteiger partial charge < -0.3 is 10.5 Å². The lowest BCUT2D eigenvalue weighted by molar-refractivity contribution is -0.138. The summed E-state index contributed by atoms with van der Waals surface area (Å²) in [5, 5.41) is 0.397. The monoisotopic (exact) mass is 643 g/mol. The van der Waals surface area contributed by atoms with E-state index in [2.05, 4.69) is 9.88 Å². The smallest absolute Gasteiger partial charge is 0.364 e. The molecule has 6 rings (SSSR count). The maximum atomic E-state index is 15.0. The maximum Gasteiger partial charge on any atom is 0.416 e. The highest BCUT2D eigenvalue weighted by molar-refractivity contribution is 6.30. The van der Waals surface area contributed by atoms with Crippen molar-refractivity contribution in [2.45, 2.75) is 56.9 Å². The van der Waals surface area contributed by atoms with E-state index >= 15 is 4.39 Å². The summed E-state index contributed by atoms with van der Waals surface area (Å²) in [4.78, 5) is 34.4. The number of nitrogens with two attached hydrogens (primary N) is 1. The number of hydrogen-bond acceptors (Lipinski definition) is 6. The predicted octanol–water partition coefficient (Wildman–Crippen LogP) is 4.99. The molecule has 45 heavy (non-hydrogen) atoms. The standard InChI is InChI=1S/C32H30ClF4N5O3/c33-28-21(8-5-13-39-28)16-40-14-11-31(12-15-40)27-26(19-45-31)41(17-22-23(32(35,36)37)9-4-10-24(22)34)30(44)42(29(27)43)18-25(38)20-6-2-1-3-7-20/h1-10,13,25H,11-12,14-19,38H2. The molecule has 2 aromatic carbocycles. The topological polar surface area (TPSA) is 95.4 Å². The summed E-state index contributed by atoms with van der Waals surface area (Å²) in [6.45, 7) is 0.389. The Morgan fingerprint density at radius 3 is 2.40 bits per heavy atom. The lowest BCUT2D eigenvalue weighted by Gasteiger charge is -2.39. The molecule has 2 aliphatic heterocycles. The molecule has 1 unspecified atom stereocenters. The fourth-order valence-corrected chi connectivity index (χ4v) is 6.52. The van der Waals surface area contributed by atoms with E-state index in [4.69, 9.17) is 22.1 Å². The van der Waals surface area contributed by atoms with Gasteiger partial charge in [-0.1, -0.05) is 54.1 Å². The number of halogens is 5. The molecule has 1 fully saturated rings. The molecular weight excluding hydrogens is 614 g/mol. The first-order valence-corrected chi connectivity index (χ1v) is 14.8. The summed E-state index contributed by atoms with van der Waals surface area (Å²) in [6, 6.07) is 14.4. The molecule has 13 heteroatoms. The molecule has 4 heterocycles. The molecule has 4 aromatic rings. The minimum absolute atomic E-state index is 0.148. The number of nitrogens with zero attached hydrogens (tertiary/aromatic N) is 4. The van der Waals surface area contributed by atoms with E-state index in [0.717, 1.165) is 32.9 Å². The third-order valence-corrected chi connectivity index (χ3v) is 9.06. The van der Waals surface area contributed by atoms with Gasteiger partial charge in [-0.15, -0.1) is 0 Å². The number of ether oxygens (including phenoxy) is 1. The van der Waals surface area contributed by atoms with Crippen LogP contribution in [0.25, 0.3) is 0 Å². The van der Waals surface area contributed by atoms with E-state index in [1.165, 1.54) is 0 Å². The minimum atomic E-state index is -4.87. The average Bonchev–Trinajstić information content (AvgIpc) is 3.38. The average molecular weight is 644 g/mol. The van der Waals surface area contributed by atoms with Gasteiger partial charge in [-0.2, -0.15) is 13.2 Å². The highest BCUT2D eigenvalue weighted by Gasteiger charge is 2.47. The van der Waals surface area contributed by atoms with Crippen molar-refractivity contribution >= 4 is 11.6 Å². The summed E-state index contributed by atoms with van der Waals surface area (Å²) < 4.78 is 65.1. The zero-order chi connectivity index (χ0) is 31.9. The van der Waals surface area contributed by atoms with Gasteiger partial charge in [0.25, 0.3) is 5.56 Å². The second-order valence-electron chi connectivity index (χ2n) is 11.4. The van der Waals surface area contributed by atoms with Gasteiger partial charge in [0, 0.05) is 43.0 Å². The van der Waals surface area contributed by atoms with E-state index in [-0.39, 0.29) is 24.4 Å². The number of benzene rings is 2. The van der Waals surface area contributed by atoms with Crippen molar-refractivity contribution in [2.75, 3.05) is 13.1 Å². The van der Waals surface area contributed by atoms with Gasteiger partial charge >= 0.3 is 11.9 Å². The third kappa shape index (κ3) is 5.95. The van der Waals surface area contributed by atoms with Gasteiger partial charge in [0.15, 0.2) is 0 Å². The molecule has 0 amide bonds. The van der Waals surface area contributed by atoms with E-state index in [9.17, 15) is 22.8 Å². The van der Waals surface area contributed by atoms with Crippen LogP contribution in [0.3, 0.4) is 0 Å². The van der Waals surface area contributed by atoms with Crippen molar-refractivity contribution in [3.8, 4) is 0 Å². The molecule has 236 valence electrons. The summed E-state index contributed by atoms with van der Waals surface area (Å²) in [7, 11) is 0. The van der Waals surface area contributed by atoms with Gasteiger partial charge in [-0.05, 0) is 36.6 Å². The number of piperidine rings is 1. The molecule has 0 aliphatic carbocycles. The number of likely N-dealkylation sites (tertiary alicyclic amines) is 1. The molecule has 2 aliphatic rings. The Labute approximate surface area is 260 Å². The number of fused-ring (bicyclic) bond motifs is 2. The molecule has 2 aromatic heterocycles. The molecule has 1 atom stereocenters. The van der Waals surface area contributed by atoms with Crippen LogP contribution in [0.4, 0.5) is 17.6 Å². The normalized spacial score (nSPS) is 17.0. The first-order chi connectivity index (χ1) is 21.5. The number of alkyl halides is 3. The Kier molecular flexibility index (Phi) is 8.42. The largest absolute Gasteiger partial charge is 0.416 e. The molecule has 0 saturated carbocycles. The Bertz CT molecular complexity index is 1840. The van der Waals surface area contributed by atoms with Crippen molar-refractivity contribution in [2.24, 2.45) is 5.73 Å². The highest BCUT2D eigenvalue weighted by atomic mass is 35.5. The second kappa shape index (κ2) is 12.2. The summed E-state index contributed by atoms with van der Waals surface area (Å²) >= 11 is 6.26. The fraction of sp³-hybridized carbons (Fsp3) is 0.344. The fourth-order valence-electron chi connectivity index (χ4n) is 6.34. The van der Waals surface area contributed by atoms with E-state index in [1.807, 2.05) is 6.07 Å². The number of rotatable bonds is 7. The Balaban J connectivity index is 1.42. The van der Waals surface area contributed by atoms with Crippen LogP contribution in [-0.2, 0) is 42.8 Å². The molecule has 0 radical (unpaired) electrons. The van der Waals surface area contributed by atoms with Crippen LogP contribution in [0.15, 0.2) is 76.4 Å². The lowest BCUT2D eigenvalue weighted by atomic mass is 9.85. The van der Waals surface area contributed by atoms with Crippen LogP contribution in [0, 0.1) is 5.82 Å². The van der Waals surface area contributed by atoms with Crippen molar-refractivity contribution in [3.05, 3.63) is 132 Å². The van der Waals surface area contributed by atoms with Crippen LogP contribution in [-0.4, -0.2) is 32.1 Å². The molecule has 2 N–H and O–H groups in total. The summed E-state index contributed by atoms with van der Waals surface area (Å²) in [5.41, 5.74) is 3.81. The molecule has 0 bridgehead atoms. The van der Waals surface area contributed by atoms with Crippen molar-refractivity contribution < 1.29 is 22.3 Å². The van der Waals surface area contributed by atoms with Gasteiger partial charge in [0.05, 0.1) is 36.5 Å². The van der Waals surface area contributed by atoms with Crippen molar-refractivity contribution in [1.82, 2.24) is 19.0 Å². The molecule has 8 nitrogen and oxygen atoms in total. The quantitative estimate of drug-likeness (QED) is 0.225. The van der Waals surface area contributed by atoms with E-state index in [0.29, 0.717) is 43.2 Å². The van der Waals surface area contributed by atoms with Crippen molar-refractivity contribution in [1.29, 1.82) is 0 Å². The van der Waals surface area contributed by atoms with Gasteiger partial charge in [-0.25, -0.2) is 14.2 Å². The summed E-state index contributed by atoms with van der Waals surface area (Å²) in [5.74, 6) is -1.11. The SMILES string of the molecule is NC(Cn1c(=O)c2c(n(Cc3c(F)cccc3C(F)(F)F)c1=O)COC21CCN(Cc2cccnc2Cl)CC1)c1ccccc1. The van der Waals surface area contributed by atoms with Crippen LogP contribution >= 0.6 is 11.6 Å². The molecule has 1 spiro atoms.